The normalized spacial score (nSPS) is 10.0. The van der Waals surface area contributed by atoms with Crippen molar-refractivity contribution >= 4 is 17.4 Å². The molecule has 0 aliphatic rings. The molecular weight excluding hydrogens is 156 g/mol. The molecule has 1 aromatic carbocycles. The predicted molar refractivity (Wildman–Crippen MR) is 50.5 cm³/mol. The molecule has 4 N–H and O–H groups in total. The van der Waals surface area contributed by atoms with E-state index in [0.29, 0.717) is 6.54 Å². The molecule has 0 heterocycles. The summed E-state index contributed by atoms with van der Waals surface area (Å²) in [5, 5.41) is 0. The van der Waals surface area contributed by atoms with E-state index in [-0.39, 0.29) is 0 Å². The maximum absolute atomic E-state index is 5.73. The lowest BCUT2D eigenvalue weighted by molar-refractivity contribution is 1.07. The van der Waals surface area contributed by atoms with E-state index in [4.69, 9.17) is 11.5 Å². The van der Waals surface area contributed by atoms with Crippen molar-refractivity contribution in [2.75, 3.05) is 12.0 Å². The quantitative estimate of drug-likeness (QED) is 0.519. The number of nitrogens with two attached hydrogens (primary N) is 2. The van der Waals surface area contributed by atoms with Crippen LogP contribution in [0.1, 0.15) is 5.56 Å². The van der Waals surface area contributed by atoms with Gasteiger partial charge < -0.3 is 11.5 Å². The predicted octanol–water partition coefficient (Wildman–Crippen LogP) is 1.45. The molecule has 0 aromatic heterocycles. The summed E-state index contributed by atoms with van der Waals surface area (Å²) in [4.78, 5) is 1.11. The van der Waals surface area contributed by atoms with Crippen LogP contribution in [0.5, 0.6) is 0 Å². The van der Waals surface area contributed by atoms with E-state index < -0.39 is 0 Å². The van der Waals surface area contributed by atoms with E-state index in [0.717, 1.165) is 16.1 Å². The molecule has 0 bridgehead atoms. The minimum absolute atomic E-state index is 0.554. The highest BCUT2D eigenvalue weighted by atomic mass is 32.2. The Morgan fingerprint density at radius 1 is 1.45 bits per heavy atom. The summed E-state index contributed by atoms with van der Waals surface area (Å²) >= 11 is 1.65. The topological polar surface area (TPSA) is 52.0 Å². The molecule has 0 aliphatic heterocycles. The lowest BCUT2D eigenvalue weighted by Gasteiger charge is -2.03. The van der Waals surface area contributed by atoms with Crippen LogP contribution in [0.2, 0.25) is 0 Å². The lowest BCUT2D eigenvalue weighted by atomic mass is 10.2. The summed E-state index contributed by atoms with van der Waals surface area (Å²) < 4.78 is 0. The molecule has 0 unspecified atom stereocenters. The number of thioether (sulfide) groups is 1. The Kier molecular flexibility index (Phi) is 2.79. The van der Waals surface area contributed by atoms with E-state index in [1.165, 1.54) is 0 Å². The number of nitrogen functional groups attached to an aromatic ring is 1. The average molecular weight is 168 g/mol. The molecule has 0 spiro atoms. The van der Waals surface area contributed by atoms with Crippen LogP contribution in [0.4, 0.5) is 5.69 Å². The minimum atomic E-state index is 0.554. The fraction of sp³-hybridized carbons (Fsp3) is 0.250. The molecule has 0 radical (unpaired) electrons. The lowest BCUT2D eigenvalue weighted by Crippen LogP contribution is -1.98. The maximum atomic E-state index is 5.73. The summed E-state index contributed by atoms with van der Waals surface area (Å²) in [6.07, 6.45) is 2.01. The van der Waals surface area contributed by atoms with Gasteiger partial charge in [0.2, 0.25) is 0 Å². The van der Waals surface area contributed by atoms with Crippen LogP contribution < -0.4 is 11.5 Å². The molecule has 0 amide bonds. The van der Waals surface area contributed by atoms with Gasteiger partial charge in [-0.3, -0.25) is 0 Å². The third-order valence-electron chi connectivity index (χ3n) is 1.53. The van der Waals surface area contributed by atoms with Gasteiger partial charge in [0.05, 0.1) is 0 Å². The van der Waals surface area contributed by atoms with Crippen molar-refractivity contribution in [1.82, 2.24) is 0 Å². The molecule has 0 saturated carbocycles. The number of benzene rings is 1. The zero-order valence-corrected chi connectivity index (χ0v) is 7.32. The first-order valence-corrected chi connectivity index (χ1v) is 4.63. The largest absolute Gasteiger partial charge is 0.398 e. The van der Waals surface area contributed by atoms with Gasteiger partial charge in [-0.25, -0.2) is 0 Å². The molecule has 1 aromatic rings. The smallest absolute Gasteiger partial charge is 0.0455 e. The SMILES string of the molecule is CSc1ccc(CN)cc1N. The Bertz CT molecular complexity index is 248. The van der Waals surface area contributed by atoms with Crippen LogP contribution in [0.3, 0.4) is 0 Å². The van der Waals surface area contributed by atoms with Gasteiger partial charge in [0, 0.05) is 17.1 Å². The molecule has 0 saturated heterocycles. The number of anilines is 1. The first-order valence-electron chi connectivity index (χ1n) is 3.40. The van der Waals surface area contributed by atoms with Crippen molar-refractivity contribution in [3.8, 4) is 0 Å². The van der Waals surface area contributed by atoms with E-state index in [9.17, 15) is 0 Å². The van der Waals surface area contributed by atoms with Gasteiger partial charge in [0.1, 0.15) is 0 Å². The Balaban J connectivity index is 2.99. The van der Waals surface area contributed by atoms with Crippen molar-refractivity contribution in [2.24, 2.45) is 5.73 Å². The van der Waals surface area contributed by atoms with Crippen LogP contribution in [0.25, 0.3) is 0 Å². The van der Waals surface area contributed by atoms with Gasteiger partial charge in [-0.2, -0.15) is 0 Å². The number of hydrogen-bond acceptors (Lipinski definition) is 3. The molecule has 0 fully saturated rings. The summed E-state index contributed by atoms with van der Waals surface area (Å²) in [7, 11) is 0. The van der Waals surface area contributed by atoms with E-state index in [1.807, 2.05) is 24.5 Å². The first kappa shape index (κ1) is 8.43. The van der Waals surface area contributed by atoms with Crippen molar-refractivity contribution in [3.63, 3.8) is 0 Å². The molecule has 60 valence electrons. The van der Waals surface area contributed by atoms with Crippen LogP contribution in [0, 0.1) is 0 Å². The van der Waals surface area contributed by atoms with E-state index in [1.54, 1.807) is 11.8 Å². The second-order valence-electron chi connectivity index (χ2n) is 2.28. The Hall–Kier alpha value is -0.670. The monoisotopic (exact) mass is 168 g/mol. The fourth-order valence-electron chi connectivity index (χ4n) is 0.911. The number of rotatable bonds is 2. The van der Waals surface area contributed by atoms with E-state index >= 15 is 0 Å². The second kappa shape index (κ2) is 3.64. The molecule has 2 nitrogen and oxygen atoms in total. The third kappa shape index (κ3) is 1.88. The van der Waals surface area contributed by atoms with Gasteiger partial charge in [0.25, 0.3) is 0 Å². The van der Waals surface area contributed by atoms with Crippen LogP contribution >= 0.6 is 11.8 Å². The minimum Gasteiger partial charge on any atom is -0.398 e. The molecule has 0 atom stereocenters. The van der Waals surface area contributed by atoms with Gasteiger partial charge in [0.15, 0.2) is 0 Å². The van der Waals surface area contributed by atoms with Crippen molar-refractivity contribution in [2.45, 2.75) is 11.4 Å². The Labute approximate surface area is 71.0 Å². The highest BCUT2D eigenvalue weighted by molar-refractivity contribution is 7.98. The van der Waals surface area contributed by atoms with Crippen LogP contribution in [-0.2, 0) is 6.54 Å². The zero-order valence-electron chi connectivity index (χ0n) is 6.50. The second-order valence-corrected chi connectivity index (χ2v) is 3.13. The van der Waals surface area contributed by atoms with Crippen LogP contribution in [0.15, 0.2) is 23.1 Å². The van der Waals surface area contributed by atoms with Gasteiger partial charge >= 0.3 is 0 Å². The highest BCUT2D eigenvalue weighted by Crippen LogP contribution is 2.23. The Morgan fingerprint density at radius 2 is 2.18 bits per heavy atom. The average Bonchev–Trinajstić information content (AvgIpc) is 2.04. The van der Waals surface area contributed by atoms with Gasteiger partial charge in [-0.05, 0) is 24.0 Å². The first-order chi connectivity index (χ1) is 5.27. The Morgan fingerprint density at radius 3 is 2.64 bits per heavy atom. The summed E-state index contributed by atoms with van der Waals surface area (Å²) in [6.45, 7) is 0.554. The van der Waals surface area contributed by atoms with Crippen LogP contribution in [-0.4, -0.2) is 6.26 Å². The third-order valence-corrected chi connectivity index (χ3v) is 2.34. The maximum Gasteiger partial charge on any atom is 0.0455 e. The van der Waals surface area contributed by atoms with Gasteiger partial charge in [-0.15, -0.1) is 11.8 Å². The molecule has 3 heteroatoms. The molecule has 0 aliphatic carbocycles. The molecule has 1 rings (SSSR count). The standard InChI is InChI=1S/C8H12N2S/c1-11-8-3-2-6(5-9)4-7(8)10/h2-4H,5,9-10H2,1H3. The molecular formula is C8H12N2S. The fourth-order valence-corrected chi connectivity index (χ4v) is 1.41. The van der Waals surface area contributed by atoms with Gasteiger partial charge in [-0.1, -0.05) is 6.07 Å². The van der Waals surface area contributed by atoms with E-state index in [2.05, 4.69) is 0 Å². The summed E-state index contributed by atoms with van der Waals surface area (Å²) in [6, 6.07) is 5.93. The number of hydrogen-bond donors (Lipinski definition) is 2. The van der Waals surface area contributed by atoms with Crippen molar-refractivity contribution in [1.29, 1.82) is 0 Å². The van der Waals surface area contributed by atoms with Crippen molar-refractivity contribution in [3.05, 3.63) is 23.8 Å². The summed E-state index contributed by atoms with van der Waals surface area (Å²) in [5.74, 6) is 0. The zero-order chi connectivity index (χ0) is 8.27. The highest BCUT2D eigenvalue weighted by Gasteiger charge is 1.96. The van der Waals surface area contributed by atoms with Crippen molar-refractivity contribution < 1.29 is 0 Å². The molecule has 11 heavy (non-hydrogen) atoms. The summed E-state index contributed by atoms with van der Waals surface area (Å²) in [5.41, 5.74) is 13.1.